The van der Waals surface area contributed by atoms with Gasteiger partial charge < -0.3 is 26.8 Å². The van der Waals surface area contributed by atoms with E-state index in [1.54, 1.807) is 0 Å². The molecule has 0 spiro atoms. The van der Waals surface area contributed by atoms with Gasteiger partial charge in [-0.15, -0.1) is 5.06 Å². The van der Waals surface area contributed by atoms with E-state index in [4.69, 9.17) is 20.5 Å². The van der Waals surface area contributed by atoms with Crippen LogP contribution in [0.5, 0.6) is 0 Å². The van der Waals surface area contributed by atoms with E-state index in [1.807, 2.05) is 0 Å². The van der Waals surface area contributed by atoms with E-state index in [0.29, 0.717) is 0 Å². The van der Waals surface area contributed by atoms with Crippen LogP contribution in [0.25, 0.3) is 0 Å². The first-order chi connectivity index (χ1) is 8.11. The fourth-order valence-corrected chi connectivity index (χ4v) is 0.817. The minimum absolute atomic E-state index is 0.857. The molecule has 11 nitrogen and oxygen atoms in total. The molecule has 18 heavy (non-hydrogen) atoms. The molecule has 0 aromatic rings. The smallest absolute Gasteiger partial charge is 0.342 e. The van der Waals surface area contributed by atoms with Crippen LogP contribution in [0.1, 0.15) is 0 Å². The van der Waals surface area contributed by atoms with Gasteiger partial charge >= 0.3 is 11.8 Å². The van der Waals surface area contributed by atoms with Crippen LogP contribution in [0, 0.1) is 0 Å². The van der Waals surface area contributed by atoms with Gasteiger partial charge in [0.2, 0.25) is 5.91 Å². The van der Waals surface area contributed by atoms with Crippen LogP contribution >= 0.6 is 0 Å². The number of nitrogens with two attached hydrogens (primary N) is 2. The average molecular weight is 265 g/mol. The van der Waals surface area contributed by atoms with E-state index in [0.717, 1.165) is 0 Å². The number of primary amides is 2. The Morgan fingerprint density at radius 3 is 1.72 bits per heavy atom. The summed E-state index contributed by atoms with van der Waals surface area (Å²) in [7, 11) is 0. The molecular formula is C7H11N3O8. The molecule has 4 amide bonds. The average Bonchev–Trinajstić information content (AvgIpc) is 2.32. The second kappa shape index (κ2) is 6.02. The molecule has 0 radical (unpaired) electrons. The molecule has 102 valence electrons. The Morgan fingerprint density at radius 2 is 1.39 bits per heavy atom. The maximum absolute atomic E-state index is 11.1. The molecular weight excluding hydrogens is 254 g/mol. The van der Waals surface area contributed by atoms with Crippen LogP contribution < -0.4 is 11.5 Å². The lowest BCUT2D eigenvalue weighted by atomic mass is 10.1. The third kappa shape index (κ3) is 3.46. The van der Waals surface area contributed by atoms with Crippen molar-refractivity contribution in [3.63, 3.8) is 0 Å². The Kier molecular flexibility index (Phi) is 5.32. The molecule has 8 N–H and O–H groups in total. The largest absolute Gasteiger partial charge is 0.387 e. The van der Waals surface area contributed by atoms with Gasteiger partial charge in [0.1, 0.15) is 6.10 Å². The molecule has 0 heterocycles. The van der Waals surface area contributed by atoms with E-state index >= 15 is 0 Å². The number of carbonyl (C=O) groups excluding carboxylic acids is 4. The lowest BCUT2D eigenvalue weighted by molar-refractivity contribution is -0.192. The van der Waals surface area contributed by atoms with E-state index in [2.05, 4.69) is 11.5 Å². The Morgan fingerprint density at radius 1 is 0.944 bits per heavy atom. The molecule has 0 aromatic carbocycles. The summed E-state index contributed by atoms with van der Waals surface area (Å²) in [4.78, 5) is 42.7. The molecule has 0 aromatic heterocycles. The zero-order chi connectivity index (χ0) is 14.6. The Hall–Kier alpha value is -2.08. The maximum Gasteiger partial charge on any atom is 0.342 e. The first-order valence-electron chi connectivity index (χ1n) is 4.31. The van der Waals surface area contributed by atoms with Crippen LogP contribution in [0.3, 0.4) is 0 Å². The van der Waals surface area contributed by atoms with Crippen LogP contribution in [-0.4, -0.2) is 67.5 Å². The fraction of sp³-hybridized carbons (Fsp3) is 0.429. The third-order valence-electron chi connectivity index (χ3n) is 1.80. The molecule has 0 saturated heterocycles. The molecule has 0 rings (SSSR count). The number of aliphatic hydroxyl groups is 3. The van der Waals surface area contributed by atoms with Gasteiger partial charge in [0.15, 0.2) is 12.2 Å². The highest BCUT2D eigenvalue weighted by atomic mass is 16.5. The van der Waals surface area contributed by atoms with Crippen molar-refractivity contribution in [3.8, 4) is 0 Å². The van der Waals surface area contributed by atoms with Gasteiger partial charge in [-0.05, 0) is 0 Å². The van der Waals surface area contributed by atoms with E-state index < -0.39 is 47.0 Å². The van der Waals surface area contributed by atoms with Gasteiger partial charge in [-0.2, -0.15) is 0 Å². The minimum atomic E-state index is -2.57. The molecule has 0 aliphatic carbocycles. The van der Waals surface area contributed by atoms with Gasteiger partial charge in [-0.1, -0.05) is 0 Å². The Bertz CT molecular complexity index is 383. The SMILES string of the molecule is NC(=O)C(=O)N(O)C(=O)[C@@H](O)[C@H](O)C(O)C(N)=O. The summed E-state index contributed by atoms with van der Waals surface area (Å²) >= 11 is 0. The predicted octanol–water partition coefficient (Wildman–Crippen LogP) is -5.22. The lowest BCUT2D eigenvalue weighted by Gasteiger charge is -2.22. The Labute approximate surface area is 99.1 Å². The highest BCUT2D eigenvalue weighted by Gasteiger charge is 2.38. The summed E-state index contributed by atoms with van der Waals surface area (Å²) in [5.41, 5.74) is 9.02. The second-order valence-electron chi connectivity index (χ2n) is 3.10. The third-order valence-corrected chi connectivity index (χ3v) is 1.80. The van der Waals surface area contributed by atoms with Crippen LogP contribution in [0.4, 0.5) is 0 Å². The zero-order valence-electron chi connectivity index (χ0n) is 8.76. The van der Waals surface area contributed by atoms with Gasteiger partial charge in [-0.3, -0.25) is 24.4 Å². The number of nitrogens with zero attached hydrogens (tertiary/aromatic N) is 1. The molecule has 11 heteroatoms. The summed E-state index contributed by atoms with van der Waals surface area (Å²) in [6.45, 7) is 0. The molecule has 0 aliphatic rings. The first-order valence-corrected chi connectivity index (χ1v) is 4.31. The van der Waals surface area contributed by atoms with Crippen molar-refractivity contribution < 1.29 is 39.7 Å². The summed E-state index contributed by atoms with van der Waals surface area (Å²) in [6.07, 6.45) is -7.29. The lowest BCUT2D eigenvalue weighted by Crippen LogP contribution is -2.54. The highest BCUT2D eigenvalue weighted by Crippen LogP contribution is 2.04. The number of hydroxylamine groups is 2. The van der Waals surface area contributed by atoms with E-state index in [-0.39, 0.29) is 0 Å². The Balaban J connectivity index is 4.84. The fourth-order valence-electron chi connectivity index (χ4n) is 0.817. The molecule has 1 unspecified atom stereocenters. The summed E-state index contributed by atoms with van der Waals surface area (Å²) in [5, 5.41) is 35.2. The maximum atomic E-state index is 11.1. The normalized spacial score (nSPS) is 15.3. The van der Waals surface area contributed by atoms with E-state index in [9.17, 15) is 19.2 Å². The quantitative estimate of drug-likeness (QED) is 0.164. The molecule has 0 saturated carbocycles. The van der Waals surface area contributed by atoms with Crippen molar-refractivity contribution >= 4 is 23.6 Å². The van der Waals surface area contributed by atoms with Crippen LogP contribution in [0.2, 0.25) is 0 Å². The monoisotopic (exact) mass is 265 g/mol. The van der Waals surface area contributed by atoms with Crippen LogP contribution in [-0.2, 0) is 19.2 Å². The summed E-state index contributed by atoms with van der Waals surface area (Å²) in [5.74, 6) is -6.91. The van der Waals surface area contributed by atoms with Crippen molar-refractivity contribution in [2.45, 2.75) is 18.3 Å². The van der Waals surface area contributed by atoms with Crippen molar-refractivity contribution in [3.05, 3.63) is 0 Å². The summed E-state index contributed by atoms with van der Waals surface area (Å²) in [6, 6.07) is 0. The predicted molar refractivity (Wildman–Crippen MR) is 50.0 cm³/mol. The zero-order valence-corrected chi connectivity index (χ0v) is 8.76. The molecule has 3 atom stereocenters. The van der Waals surface area contributed by atoms with Gasteiger partial charge in [0.25, 0.3) is 5.91 Å². The van der Waals surface area contributed by atoms with Crippen LogP contribution in [0.15, 0.2) is 0 Å². The van der Waals surface area contributed by atoms with Crippen molar-refractivity contribution in [1.82, 2.24) is 5.06 Å². The molecule has 0 aliphatic heterocycles. The summed E-state index contributed by atoms with van der Waals surface area (Å²) < 4.78 is 0. The molecule has 0 bridgehead atoms. The molecule has 0 fully saturated rings. The topological polar surface area (TPSA) is 204 Å². The standard InChI is InChI=1S/C7H11N3O8/c8-4(14)2(12)1(11)3(13)6(16)10(18)7(17)5(9)15/h1-3,11-13,18H,(H2,8,14)(H2,9,15)/t1-,2?,3+/m1/s1. The first kappa shape index (κ1) is 15.9. The number of rotatable bonds is 4. The second-order valence-corrected chi connectivity index (χ2v) is 3.10. The van der Waals surface area contributed by atoms with Gasteiger partial charge in [-0.25, -0.2) is 0 Å². The van der Waals surface area contributed by atoms with Gasteiger partial charge in [0.05, 0.1) is 0 Å². The number of imide groups is 1. The van der Waals surface area contributed by atoms with Crippen molar-refractivity contribution in [2.75, 3.05) is 0 Å². The van der Waals surface area contributed by atoms with Crippen molar-refractivity contribution in [2.24, 2.45) is 11.5 Å². The highest BCUT2D eigenvalue weighted by molar-refractivity contribution is 6.36. The number of hydrogen-bond acceptors (Lipinski definition) is 8. The number of amides is 4. The van der Waals surface area contributed by atoms with Gasteiger partial charge in [0, 0.05) is 0 Å². The minimum Gasteiger partial charge on any atom is -0.387 e. The number of carbonyl (C=O) groups is 4. The van der Waals surface area contributed by atoms with Crippen molar-refractivity contribution in [1.29, 1.82) is 0 Å². The number of aliphatic hydroxyl groups excluding tert-OH is 3. The number of hydrogen-bond donors (Lipinski definition) is 6. The van der Waals surface area contributed by atoms with E-state index in [1.165, 1.54) is 0 Å².